The Kier molecular flexibility index (Phi) is 4.49. The number of nitrogens with zero attached hydrogens (tertiary/aromatic N) is 3. The number of rotatable bonds is 5. The van der Waals surface area contributed by atoms with Crippen LogP contribution >= 0.6 is 11.3 Å². The van der Waals surface area contributed by atoms with Crippen LogP contribution in [0.3, 0.4) is 0 Å². The summed E-state index contributed by atoms with van der Waals surface area (Å²) in [7, 11) is 0. The molecule has 3 unspecified atom stereocenters. The number of fused-ring (bicyclic) bond motifs is 1. The van der Waals surface area contributed by atoms with Crippen molar-refractivity contribution in [2.75, 3.05) is 26.2 Å². The molecule has 1 saturated heterocycles. The lowest BCUT2D eigenvalue weighted by atomic mass is 10.0. The second kappa shape index (κ2) is 7.14. The zero-order chi connectivity index (χ0) is 19.0. The molecule has 3 atom stereocenters. The Morgan fingerprint density at radius 1 is 1.43 bits per heavy atom. The SMILES string of the molecule is O=C(c1csc(C23C=CC=CC2C3)n1)N1CCNCC1COc1cccnc1. The molecule has 0 radical (unpaired) electrons. The number of carbonyl (C=O) groups is 1. The highest BCUT2D eigenvalue weighted by Crippen LogP contribution is 2.58. The molecule has 0 aromatic carbocycles. The fourth-order valence-corrected chi connectivity index (χ4v) is 5.06. The van der Waals surface area contributed by atoms with E-state index < -0.39 is 0 Å². The number of piperazine rings is 1. The van der Waals surface area contributed by atoms with Gasteiger partial charge in [0.15, 0.2) is 0 Å². The van der Waals surface area contributed by atoms with E-state index in [0.717, 1.165) is 18.0 Å². The quantitative estimate of drug-likeness (QED) is 0.844. The van der Waals surface area contributed by atoms with Gasteiger partial charge >= 0.3 is 0 Å². The summed E-state index contributed by atoms with van der Waals surface area (Å²) in [5.74, 6) is 1.24. The van der Waals surface area contributed by atoms with Crippen molar-refractivity contribution < 1.29 is 9.53 Å². The van der Waals surface area contributed by atoms with Crippen LogP contribution in [0.1, 0.15) is 21.9 Å². The van der Waals surface area contributed by atoms with Gasteiger partial charge in [0.25, 0.3) is 5.91 Å². The van der Waals surface area contributed by atoms with E-state index in [4.69, 9.17) is 9.72 Å². The summed E-state index contributed by atoms with van der Waals surface area (Å²) in [4.78, 5) is 23.9. The topological polar surface area (TPSA) is 67.4 Å². The van der Waals surface area contributed by atoms with Crippen LogP contribution in [-0.4, -0.2) is 53.1 Å². The Hall–Kier alpha value is -2.51. The number of pyridine rings is 1. The minimum atomic E-state index is -0.0315. The molecule has 5 rings (SSSR count). The lowest BCUT2D eigenvalue weighted by Gasteiger charge is -2.35. The number of thiazole rings is 1. The third-order valence-electron chi connectivity index (χ3n) is 5.72. The Morgan fingerprint density at radius 2 is 2.39 bits per heavy atom. The summed E-state index contributed by atoms with van der Waals surface area (Å²) in [6, 6.07) is 3.68. The van der Waals surface area contributed by atoms with Gasteiger partial charge in [-0.15, -0.1) is 11.3 Å². The normalized spacial score (nSPS) is 28.1. The van der Waals surface area contributed by atoms with E-state index in [0.29, 0.717) is 37.1 Å². The molecule has 2 fully saturated rings. The number of ether oxygens (including phenoxy) is 1. The fraction of sp³-hybridized carbons (Fsp3) is 0.381. The van der Waals surface area contributed by atoms with E-state index in [1.165, 1.54) is 0 Å². The molecule has 0 bridgehead atoms. The minimum absolute atomic E-state index is 0.00674. The number of hydrogen-bond acceptors (Lipinski definition) is 6. The van der Waals surface area contributed by atoms with Gasteiger partial charge in [0.1, 0.15) is 23.1 Å². The average Bonchev–Trinajstić information content (AvgIpc) is 3.30. The van der Waals surface area contributed by atoms with Gasteiger partial charge in [-0.3, -0.25) is 9.78 Å². The van der Waals surface area contributed by atoms with Crippen molar-refractivity contribution in [1.82, 2.24) is 20.2 Å². The Bertz CT molecular complexity index is 925. The maximum absolute atomic E-state index is 13.2. The molecular formula is C21H22N4O2S. The number of amides is 1. The minimum Gasteiger partial charge on any atom is -0.490 e. The van der Waals surface area contributed by atoms with Crippen LogP contribution in [0.2, 0.25) is 0 Å². The van der Waals surface area contributed by atoms with Crippen LogP contribution in [0.5, 0.6) is 5.75 Å². The lowest BCUT2D eigenvalue weighted by molar-refractivity contribution is 0.0554. The van der Waals surface area contributed by atoms with Gasteiger partial charge in [0, 0.05) is 36.6 Å². The number of nitrogens with one attached hydrogen (secondary N) is 1. The Balaban J connectivity index is 1.29. The summed E-state index contributed by atoms with van der Waals surface area (Å²) in [6.45, 7) is 2.58. The lowest BCUT2D eigenvalue weighted by Crippen LogP contribution is -2.56. The first kappa shape index (κ1) is 17.6. The number of aromatic nitrogens is 2. The third kappa shape index (κ3) is 3.14. The first-order valence-corrected chi connectivity index (χ1v) is 10.5. The van der Waals surface area contributed by atoms with E-state index in [9.17, 15) is 4.79 Å². The van der Waals surface area contributed by atoms with Crippen LogP contribution in [0.4, 0.5) is 0 Å². The molecule has 0 spiro atoms. The maximum atomic E-state index is 13.2. The first-order valence-electron chi connectivity index (χ1n) is 9.63. The van der Waals surface area contributed by atoms with Gasteiger partial charge in [0.05, 0.1) is 12.2 Å². The maximum Gasteiger partial charge on any atom is 0.273 e. The van der Waals surface area contributed by atoms with E-state index in [1.54, 1.807) is 23.7 Å². The highest BCUT2D eigenvalue weighted by molar-refractivity contribution is 7.10. The van der Waals surface area contributed by atoms with Crippen molar-refractivity contribution >= 4 is 17.2 Å². The van der Waals surface area contributed by atoms with Crippen molar-refractivity contribution in [3.8, 4) is 5.75 Å². The Morgan fingerprint density at radius 3 is 3.25 bits per heavy atom. The predicted octanol–water partition coefficient (Wildman–Crippen LogP) is 2.41. The molecule has 2 aromatic rings. The second-order valence-electron chi connectivity index (χ2n) is 7.49. The van der Waals surface area contributed by atoms with Crippen LogP contribution < -0.4 is 10.1 Å². The molecule has 144 valence electrons. The van der Waals surface area contributed by atoms with E-state index in [1.807, 2.05) is 22.4 Å². The number of carbonyl (C=O) groups excluding carboxylic acids is 1. The Labute approximate surface area is 168 Å². The highest BCUT2D eigenvalue weighted by atomic mass is 32.1. The molecule has 2 aromatic heterocycles. The third-order valence-corrected chi connectivity index (χ3v) is 6.75. The summed E-state index contributed by atoms with van der Waals surface area (Å²) in [5.41, 5.74) is 0.584. The van der Waals surface area contributed by atoms with Crippen molar-refractivity contribution in [2.24, 2.45) is 5.92 Å². The van der Waals surface area contributed by atoms with Crippen molar-refractivity contribution in [3.05, 3.63) is 64.9 Å². The summed E-state index contributed by atoms with van der Waals surface area (Å²) in [6.07, 6.45) is 13.2. The molecule has 1 aliphatic heterocycles. The monoisotopic (exact) mass is 394 g/mol. The largest absolute Gasteiger partial charge is 0.490 e. The van der Waals surface area contributed by atoms with Crippen LogP contribution in [-0.2, 0) is 5.41 Å². The molecule has 1 saturated carbocycles. The van der Waals surface area contributed by atoms with E-state index in [2.05, 4.69) is 34.6 Å². The van der Waals surface area contributed by atoms with E-state index >= 15 is 0 Å². The molecule has 3 heterocycles. The number of hydrogen-bond donors (Lipinski definition) is 1. The van der Waals surface area contributed by atoms with Gasteiger partial charge in [-0.1, -0.05) is 24.3 Å². The van der Waals surface area contributed by atoms with Crippen LogP contribution in [0.25, 0.3) is 0 Å². The molecule has 6 nitrogen and oxygen atoms in total. The van der Waals surface area contributed by atoms with Gasteiger partial charge in [-0.05, 0) is 24.5 Å². The molecular weight excluding hydrogens is 372 g/mol. The zero-order valence-electron chi connectivity index (χ0n) is 15.5. The van der Waals surface area contributed by atoms with Crippen molar-refractivity contribution in [3.63, 3.8) is 0 Å². The molecule has 7 heteroatoms. The molecule has 1 amide bonds. The summed E-state index contributed by atoms with van der Waals surface area (Å²) in [5, 5.41) is 6.32. The van der Waals surface area contributed by atoms with Crippen molar-refractivity contribution in [2.45, 2.75) is 17.9 Å². The molecule has 2 aliphatic carbocycles. The number of allylic oxidation sites excluding steroid dienone is 4. The first-order chi connectivity index (χ1) is 13.8. The zero-order valence-corrected chi connectivity index (χ0v) is 16.3. The summed E-state index contributed by atoms with van der Waals surface area (Å²) >= 11 is 1.60. The van der Waals surface area contributed by atoms with Gasteiger partial charge in [-0.25, -0.2) is 4.98 Å². The standard InChI is InChI=1S/C21H22N4O2S/c26-19(18-14-28-20(24-18)21-6-2-1-4-15(21)10-21)25-9-8-23-11-16(25)13-27-17-5-3-7-22-12-17/h1-7,12,14-16,23H,8-11,13H2. The van der Waals surface area contributed by atoms with Crippen LogP contribution in [0, 0.1) is 5.92 Å². The van der Waals surface area contributed by atoms with Gasteiger partial charge in [-0.2, -0.15) is 0 Å². The smallest absolute Gasteiger partial charge is 0.273 e. The van der Waals surface area contributed by atoms with Gasteiger partial charge < -0.3 is 15.0 Å². The fourth-order valence-electron chi connectivity index (χ4n) is 4.01. The second-order valence-corrected chi connectivity index (χ2v) is 8.35. The van der Waals surface area contributed by atoms with Crippen molar-refractivity contribution in [1.29, 1.82) is 0 Å². The molecule has 28 heavy (non-hydrogen) atoms. The molecule has 3 aliphatic rings. The highest BCUT2D eigenvalue weighted by Gasteiger charge is 2.55. The predicted molar refractivity (Wildman–Crippen MR) is 108 cm³/mol. The molecule has 1 N–H and O–H groups in total. The summed E-state index contributed by atoms with van der Waals surface area (Å²) < 4.78 is 5.85. The average molecular weight is 395 g/mol. The van der Waals surface area contributed by atoms with Gasteiger partial charge in [0.2, 0.25) is 0 Å². The van der Waals surface area contributed by atoms with Crippen LogP contribution in [0.15, 0.2) is 54.2 Å². The van der Waals surface area contributed by atoms with E-state index in [-0.39, 0.29) is 17.4 Å².